The van der Waals surface area contributed by atoms with Crippen LogP contribution >= 0.6 is 11.6 Å². The average molecular weight is 198 g/mol. The fourth-order valence-corrected chi connectivity index (χ4v) is 1.70. The lowest BCUT2D eigenvalue weighted by Gasteiger charge is -2.06. The molecule has 0 spiro atoms. The van der Waals surface area contributed by atoms with Crippen molar-refractivity contribution in [1.82, 2.24) is 0 Å². The van der Waals surface area contributed by atoms with Gasteiger partial charge in [-0.2, -0.15) is 0 Å². The minimum atomic E-state index is 0.0129. The Kier molecular flexibility index (Phi) is 1.88. The average Bonchev–Trinajstić information content (AvgIpc) is 2.50. The highest BCUT2D eigenvalue weighted by Gasteiger charge is 2.25. The van der Waals surface area contributed by atoms with E-state index in [1.807, 2.05) is 0 Å². The van der Waals surface area contributed by atoms with Crippen molar-refractivity contribution < 1.29 is 9.53 Å². The number of halogens is 1. The Bertz CT molecular complexity index is 376. The van der Waals surface area contributed by atoms with Crippen LogP contribution in [0.25, 0.3) is 0 Å². The summed E-state index contributed by atoms with van der Waals surface area (Å²) in [7, 11) is 1.56. The highest BCUT2D eigenvalue weighted by molar-refractivity contribution is 6.35. The third kappa shape index (κ3) is 1.16. The maximum atomic E-state index is 11.4. The van der Waals surface area contributed by atoms with Crippen LogP contribution in [0.4, 0.5) is 5.69 Å². The van der Waals surface area contributed by atoms with E-state index in [1.54, 1.807) is 19.2 Å². The Morgan fingerprint density at radius 2 is 2.31 bits per heavy atom. The van der Waals surface area contributed by atoms with E-state index >= 15 is 0 Å². The summed E-state index contributed by atoms with van der Waals surface area (Å²) in [6, 6.07) is 3.41. The first-order valence-corrected chi connectivity index (χ1v) is 4.25. The van der Waals surface area contributed by atoms with Gasteiger partial charge in [0.05, 0.1) is 29.9 Å². The van der Waals surface area contributed by atoms with Gasteiger partial charge in [-0.25, -0.2) is 0 Å². The molecule has 13 heavy (non-hydrogen) atoms. The maximum absolute atomic E-state index is 11.4. The van der Waals surface area contributed by atoms with Crippen LogP contribution < -0.4 is 10.1 Å². The van der Waals surface area contributed by atoms with Crippen molar-refractivity contribution in [3.05, 3.63) is 22.7 Å². The summed E-state index contributed by atoms with van der Waals surface area (Å²) < 4.78 is 5.09. The minimum Gasteiger partial charge on any atom is -0.495 e. The third-order valence-electron chi connectivity index (χ3n) is 2.04. The fraction of sp³-hybridized carbons (Fsp3) is 0.222. The molecule has 1 heterocycles. The summed E-state index contributed by atoms with van der Waals surface area (Å²) in [5, 5.41) is 3.43. The lowest BCUT2D eigenvalue weighted by molar-refractivity contribution is 0.101. The number of hydrogen-bond donors (Lipinski definition) is 1. The molecule has 1 aromatic rings. The van der Waals surface area contributed by atoms with Gasteiger partial charge >= 0.3 is 0 Å². The second-order valence-corrected chi connectivity index (χ2v) is 3.18. The number of carbonyl (C=O) groups excluding carboxylic acids is 1. The zero-order chi connectivity index (χ0) is 9.42. The Balaban J connectivity index is 2.65. The van der Waals surface area contributed by atoms with E-state index in [9.17, 15) is 4.79 Å². The highest BCUT2D eigenvalue weighted by Crippen LogP contribution is 2.36. The van der Waals surface area contributed by atoms with Crippen molar-refractivity contribution >= 4 is 23.1 Å². The largest absolute Gasteiger partial charge is 0.495 e. The van der Waals surface area contributed by atoms with Gasteiger partial charge < -0.3 is 10.1 Å². The molecule has 4 heteroatoms. The van der Waals surface area contributed by atoms with Gasteiger partial charge in [0, 0.05) is 0 Å². The van der Waals surface area contributed by atoms with E-state index in [2.05, 4.69) is 5.32 Å². The van der Waals surface area contributed by atoms with Crippen LogP contribution in [0.2, 0.25) is 5.02 Å². The molecule has 0 bridgehead atoms. The molecule has 0 saturated carbocycles. The Hall–Kier alpha value is -1.22. The van der Waals surface area contributed by atoms with Crippen LogP contribution in [0.1, 0.15) is 10.4 Å². The number of ketones is 1. The molecule has 68 valence electrons. The molecule has 1 aliphatic rings. The van der Waals surface area contributed by atoms with E-state index in [-0.39, 0.29) is 5.78 Å². The zero-order valence-corrected chi connectivity index (χ0v) is 7.81. The SMILES string of the molecule is COc1ccc(Cl)c2c1NCC2=O. The number of methoxy groups -OCH3 is 1. The number of carbonyl (C=O) groups is 1. The van der Waals surface area contributed by atoms with Gasteiger partial charge in [-0.15, -0.1) is 0 Å². The summed E-state index contributed by atoms with van der Waals surface area (Å²) in [5.74, 6) is 0.671. The molecule has 0 aromatic heterocycles. The Labute approximate surface area is 80.6 Å². The predicted octanol–water partition coefficient (Wildman–Crippen LogP) is 1.96. The molecule has 1 aromatic carbocycles. The summed E-state index contributed by atoms with van der Waals surface area (Å²) in [4.78, 5) is 11.4. The molecule has 1 aliphatic heterocycles. The number of ether oxygens (including phenoxy) is 1. The molecular formula is C9H8ClNO2. The molecule has 0 aliphatic carbocycles. The first kappa shape index (κ1) is 8.38. The molecule has 0 radical (unpaired) electrons. The standard InChI is InChI=1S/C9H8ClNO2/c1-13-7-3-2-5(10)8-6(12)4-11-9(7)8/h2-3,11H,4H2,1H3. The first-order valence-electron chi connectivity index (χ1n) is 3.87. The molecule has 0 unspecified atom stereocenters. The molecule has 2 rings (SSSR count). The van der Waals surface area contributed by atoms with Gasteiger partial charge in [0.25, 0.3) is 0 Å². The summed E-state index contributed by atoms with van der Waals surface area (Å²) >= 11 is 5.88. The molecule has 3 nitrogen and oxygen atoms in total. The minimum absolute atomic E-state index is 0.0129. The smallest absolute Gasteiger partial charge is 0.185 e. The van der Waals surface area contributed by atoms with Crippen molar-refractivity contribution in [1.29, 1.82) is 0 Å². The monoisotopic (exact) mass is 197 g/mol. The number of benzene rings is 1. The van der Waals surface area contributed by atoms with Crippen molar-refractivity contribution in [2.24, 2.45) is 0 Å². The summed E-state index contributed by atoms with van der Waals surface area (Å²) in [5.41, 5.74) is 1.25. The van der Waals surface area contributed by atoms with Gasteiger partial charge in [0.2, 0.25) is 0 Å². The van der Waals surface area contributed by atoms with Crippen molar-refractivity contribution in [2.75, 3.05) is 19.0 Å². The summed E-state index contributed by atoms with van der Waals surface area (Å²) in [6.07, 6.45) is 0. The van der Waals surface area contributed by atoms with Crippen LogP contribution in [-0.2, 0) is 0 Å². The van der Waals surface area contributed by atoms with E-state index in [1.165, 1.54) is 0 Å². The third-order valence-corrected chi connectivity index (χ3v) is 2.36. The van der Waals surface area contributed by atoms with Crippen LogP contribution in [0, 0.1) is 0 Å². The Morgan fingerprint density at radius 3 is 3.00 bits per heavy atom. The lowest BCUT2D eigenvalue weighted by atomic mass is 10.1. The van der Waals surface area contributed by atoms with Crippen molar-refractivity contribution in [3.63, 3.8) is 0 Å². The maximum Gasteiger partial charge on any atom is 0.185 e. The van der Waals surface area contributed by atoms with Gasteiger partial charge in [0.15, 0.2) is 5.78 Å². The number of fused-ring (bicyclic) bond motifs is 1. The number of hydrogen-bond acceptors (Lipinski definition) is 3. The number of Topliss-reactive ketones (excluding diaryl/α,β-unsaturated/α-hetero) is 1. The van der Waals surface area contributed by atoms with Gasteiger partial charge in [-0.05, 0) is 12.1 Å². The zero-order valence-electron chi connectivity index (χ0n) is 7.06. The second-order valence-electron chi connectivity index (χ2n) is 2.78. The number of rotatable bonds is 1. The molecule has 0 amide bonds. The number of anilines is 1. The molecule has 0 fully saturated rings. The molecule has 0 atom stereocenters. The number of nitrogens with one attached hydrogen (secondary N) is 1. The summed E-state index contributed by atoms with van der Waals surface area (Å²) in [6.45, 7) is 0.301. The highest BCUT2D eigenvalue weighted by atomic mass is 35.5. The first-order chi connectivity index (χ1) is 6.24. The van der Waals surface area contributed by atoms with E-state index in [0.717, 1.165) is 0 Å². The second kappa shape index (κ2) is 2.92. The lowest BCUT2D eigenvalue weighted by Crippen LogP contribution is -2.01. The predicted molar refractivity (Wildman–Crippen MR) is 50.8 cm³/mol. The van der Waals surface area contributed by atoms with Crippen LogP contribution in [-0.4, -0.2) is 19.4 Å². The van der Waals surface area contributed by atoms with Crippen LogP contribution in [0.5, 0.6) is 5.75 Å². The van der Waals surface area contributed by atoms with Crippen LogP contribution in [0.15, 0.2) is 12.1 Å². The van der Waals surface area contributed by atoms with E-state index in [0.29, 0.717) is 28.6 Å². The van der Waals surface area contributed by atoms with Gasteiger partial charge in [0.1, 0.15) is 5.75 Å². The normalized spacial score (nSPS) is 13.8. The van der Waals surface area contributed by atoms with E-state index in [4.69, 9.17) is 16.3 Å². The van der Waals surface area contributed by atoms with Crippen LogP contribution in [0.3, 0.4) is 0 Å². The van der Waals surface area contributed by atoms with E-state index < -0.39 is 0 Å². The van der Waals surface area contributed by atoms with Crippen molar-refractivity contribution in [2.45, 2.75) is 0 Å². The topological polar surface area (TPSA) is 38.3 Å². The van der Waals surface area contributed by atoms with Crippen molar-refractivity contribution in [3.8, 4) is 5.75 Å². The quantitative estimate of drug-likeness (QED) is 0.748. The Morgan fingerprint density at radius 1 is 1.54 bits per heavy atom. The van der Waals surface area contributed by atoms with Gasteiger partial charge in [-0.1, -0.05) is 11.6 Å². The molecule has 0 saturated heterocycles. The van der Waals surface area contributed by atoms with Gasteiger partial charge in [-0.3, -0.25) is 4.79 Å². The fourth-order valence-electron chi connectivity index (χ4n) is 1.43. The molecule has 1 N–H and O–H groups in total. The molecular weight excluding hydrogens is 190 g/mol.